The van der Waals surface area contributed by atoms with Gasteiger partial charge in [0.1, 0.15) is 11.6 Å². The Morgan fingerprint density at radius 1 is 1.14 bits per heavy atom. The van der Waals surface area contributed by atoms with Crippen LogP contribution in [0.3, 0.4) is 0 Å². The van der Waals surface area contributed by atoms with Crippen molar-refractivity contribution in [2.45, 2.75) is 6.04 Å². The van der Waals surface area contributed by atoms with Gasteiger partial charge in [0, 0.05) is 10.6 Å². The van der Waals surface area contributed by atoms with E-state index in [4.69, 9.17) is 17.3 Å². The quantitative estimate of drug-likeness (QED) is 0.922. The molecule has 0 bridgehead atoms. The van der Waals surface area contributed by atoms with E-state index in [1.54, 1.807) is 30.3 Å². The summed E-state index contributed by atoms with van der Waals surface area (Å²) in [7, 11) is 0. The first kappa shape index (κ1) is 13.8. The van der Waals surface area contributed by atoms with Gasteiger partial charge >= 0.3 is 0 Å². The number of benzene rings is 2. The van der Waals surface area contributed by atoms with Crippen molar-refractivity contribution in [1.82, 2.24) is 0 Å². The SMILES string of the molecule is NC1=NCC(c2ccc(Cl)cc2F)N1c1ccccc1F. The average Bonchev–Trinajstić information content (AvgIpc) is 2.81. The smallest absolute Gasteiger partial charge is 0.196 e. The Kier molecular flexibility index (Phi) is 3.51. The van der Waals surface area contributed by atoms with Gasteiger partial charge in [-0.15, -0.1) is 0 Å². The lowest BCUT2D eigenvalue weighted by Crippen LogP contribution is -2.37. The summed E-state index contributed by atoms with van der Waals surface area (Å²) in [5.41, 5.74) is 6.50. The van der Waals surface area contributed by atoms with Gasteiger partial charge in [-0.05, 0) is 24.3 Å². The van der Waals surface area contributed by atoms with Crippen molar-refractivity contribution in [2.24, 2.45) is 10.7 Å². The molecule has 6 heteroatoms. The van der Waals surface area contributed by atoms with E-state index in [-0.39, 0.29) is 18.2 Å². The number of nitrogens with two attached hydrogens (primary N) is 1. The van der Waals surface area contributed by atoms with Crippen molar-refractivity contribution in [3.8, 4) is 0 Å². The molecule has 3 rings (SSSR count). The summed E-state index contributed by atoms with van der Waals surface area (Å²) < 4.78 is 28.1. The first-order valence-electron chi connectivity index (χ1n) is 6.36. The molecule has 21 heavy (non-hydrogen) atoms. The van der Waals surface area contributed by atoms with Crippen LogP contribution in [-0.2, 0) is 0 Å². The molecule has 0 radical (unpaired) electrons. The molecule has 2 aromatic carbocycles. The van der Waals surface area contributed by atoms with E-state index in [1.807, 2.05) is 0 Å². The molecule has 1 unspecified atom stereocenters. The molecule has 3 nitrogen and oxygen atoms in total. The maximum atomic E-state index is 14.1. The number of hydrogen-bond acceptors (Lipinski definition) is 3. The van der Waals surface area contributed by atoms with E-state index < -0.39 is 17.7 Å². The minimum atomic E-state index is -0.487. The largest absolute Gasteiger partial charge is 0.369 e. The normalized spacial score (nSPS) is 18.0. The summed E-state index contributed by atoms with van der Waals surface area (Å²) >= 11 is 5.76. The molecule has 1 aliphatic heterocycles. The predicted octanol–water partition coefficient (Wildman–Crippen LogP) is 3.49. The standard InChI is InChI=1S/C15H12ClF2N3/c16-9-5-6-10(12(18)7-9)14-8-20-15(19)21(14)13-4-2-1-3-11(13)17/h1-7,14H,8H2,(H2,19,20). The van der Waals surface area contributed by atoms with E-state index in [1.165, 1.54) is 17.0 Å². The van der Waals surface area contributed by atoms with Gasteiger partial charge in [-0.25, -0.2) is 8.78 Å². The van der Waals surface area contributed by atoms with E-state index >= 15 is 0 Å². The molecule has 2 N–H and O–H groups in total. The number of hydrogen-bond donors (Lipinski definition) is 1. The van der Waals surface area contributed by atoms with Crippen LogP contribution >= 0.6 is 11.6 Å². The summed E-state index contributed by atoms with van der Waals surface area (Å²) in [6.07, 6.45) is 0. The highest BCUT2D eigenvalue weighted by Crippen LogP contribution is 2.34. The Labute approximate surface area is 125 Å². The summed E-state index contributed by atoms with van der Waals surface area (Å²) in [6.45, 7) is 0.263. The molecular weight excluding hydrogens is 296 g/mol. The van der Waals surface area contributed by atoms with Crippen LogP contribution in [0.25, 0.3) is 0 Å². The Bertz CT molecular complexity index is 718. The van der Waals surface area contributed by atoms with Crippen molar-refractivity contribution in [2.75, 3.05) is 11.4 Å². The molecule has 1 heterocycles. The molecule has 0 fully saturated rings. The minimum absolute atomic E-state index is 0.166. The number of guanidine groups is 1. The fourth-order valence-electron chi connectivity index (χ4n) is 2.45. The second-order valence-corrected chi connectivity index (χ2v) is 5.14. The third-order valence-electron chi connectivity index (χ3n) is 3.42. The molecule has 0 aliphatic carbocycles. The molecule has 0 amide bonds. The third kappa shape index (κ3) is 2.45. The zero-order valence-corrected chi connectivity index (χ0v) is 11.7. The molecule has 1 atom stereocenters. The van der Waals surface area contributed by atoms with Crippen LogP contribution in [-0.4, -0.2) is 12.5 Å². The fraction of sp³-hybridized carbons (Fsp3) is 0.133. The lowest BCUT2D eigenvalue weighted by molar-refractivity contribution is 0.582. The van der Waals surface area contributed by atoms with E-state index in [2.05, 4.69) is 4.99 Å². The Balaban J connectivity index is 2.05. The molecule has 1 aliphatic rings. The first-order chi connectivity index (χ1) is 10.1. The minimum Gasteiger partial charge on any atom is -0.369 e. The molecular formula is C15H12ClF2N3. The number of nitrogens with zero attached hydrogens (tertiary/aromatic N) is 2. The zero-order chi connectivity index (χ0) is 15.0. The zero-order valence-electron chi connectivity index (χ0n) is 10.9. The molecule has 0 aromatic heterocycles. The molecule has 0 saturated carbocycles. The number of para-hydroxylation sites is 1. The van der Waals surface area contributed by atoms with Gasteiger partial charge in [0.25, 0.3) is 0 Å². The van der Waals surface area contributed by atoms with Crippen LogP contribution in [0.1, 0.15) is 11.6 Å². The Morgan fingerprint density at radius 3 is 2.62 bits per heavy atom. The van der Waals surface area contributed by atoms with Crippen molar-refractivity contribution in [1.29, 1.82) is 0 Å². The highest BCUT2D eigenvalue weighted by atomic mass is 35.5. The maximum Gasteiger partial charge on any atom is 0.196 e. The van der Waals surface area contributed by atoms with Crippen molar-refractivity contribution < 1.29 is 8.78 Å². The number of anilines is 1. The topological polar surface area (TPSA) is 41.6 Å². The van der Waals surface area contributed by atoms with E-state index in [0.29, 0.717) is 10.6 Å². The van der Waals surface area contributed by atoms with Crippen molar-refractivity contribution in [3.63, 3.8) is 0 Å². The lowest BCUT2D eigenvalue weighted by atomic mass is 10.0. The summed E-state index contributed by atoms with van der Waals surface area (Å²) in [5, 5.41) is 0.306. The van der Waals surface area contributed by atoms with Crippen LogP contribution < -0.4 is 10.6 Å². The van der Waals surface area contributed by atoms with Gasteiger partial charge in [-0.3, -0.25) is 4.99 Å². The van der Waals surface area contributed by atoms with Gasteiger partial charge in [-0.1, -0.05) is 29.8 Å². The van der Waals surface area contributed by atoms with Gasteiger partial charge in [0.05, 0.1) is 18.3 Å². The molecule has 0 saturated heterocycles. The van der Waals surface area contributed by atoms with Crippen LogP contribution in [0, 0.1) is 11.6 Å². The van der Waals surface area contributed by atoms with Gasteiger partial charge in [0.2, 0.25) is 0 Å². The van der Waals surface area contributed by atoms with Crippen LogP contribution in [0.2, 0.25) is 5.02 Å². The highest BCUT2D eigenvalue weighted by molar-refractivity contribution is 6.30. The highest BCUT2D eigenvalue weighted by Gasteiger charge is 2.32. The molecule has 0 spiro atoms. The van der Waals surface area contributed by atoms with Crippen molar-refractivity contribution in [3.05, 3.63) is 64.7 Å². The Morgan fingerprint density at radius 2 is 1.90 bits per heavy atom. The second-order valence-electron chi connectivity index (χ2n) is 4.70. The van der Waals surface area contributed by atoms with Gasteiger partial charge < -0.3 is 10.6 Å². The first-order valence-corrected chi connectivity index (χ1v) is 6.74. The Hall–Kier alpha value is -2.14. The summed E-state index contributed by atoms with van der Waals surface area (Å²) in [6, 6.07) is 10.1. The lowest BCUT2D eigenvalue weighted by Gasteiger charge is -2.27. The van der Waals surface area contributed by atoms with Crippen LogP contribution in [0.5, 0.6) is 0 Å². The monoisotopic (exact) mass is 307 g/mol. The average molecular weight is 308 g/mol. The van der Waals surface area contributed by atoms with Crippen LogP contribution in [0.4, 0.5) is 14.5 Å². The number of halogens is 3. The van der Waals surface area contributed by atoms with Crippen molar-refractivity contribution >= 4 is 23.2 Å². The van der Waals surface area contributed by atoms with E-state index in [0.717, 1.165) is 0 Å². The fourth-order valence-corrected chi connectivity index (χ4v) is 2.60. The van der Waals surface area contributed by atoms with E-state index in [9.17, 15) is 8.78 Å². The maximum absolute atomic E-state index is 14.1. The second kappa shape index (κ2) is 5.33. The third-order valence-corrected chi connectivity index (χ3v) is 3.65. The number of rotatable bonds is 2. The molecule has 2 aromatic rings. The summed E-state index contributed by atoms with van der Waals surface area (Å²) in [4.78, 5) is 5.61. The predicted molar refractivity (Wildman–Crippen MR) is 79.5 cm³/mol. The molecule has 108 valence electrons. The summed E-state index contributed by atoms with van der Waals surface area (Å²) in [5.74, 6) is -0.727. The van der Waals surface area contributed by atoms with Crippen LogP contribution in [0.15, 0.2) is 47.5 Å². The van der Waals surface area contributed by atoms with Gasteiger partial charge in [-0.2, -0.15) is 0 Å². The number of aliphatic imine (C=N–C) groups is 1. The van der Waals surface area contributed by atoms with Gasteiger partial charge in [0.15, 0.2) is 5.96 Å².